The molecule has 2 N–H and O–H groups in total. The lowest BCUT2D eigenvalue weighted by Crippen LogP contribution is -2.11. The van der Waals surface area contributed by atoms with Gasteiger partial charge in [-0.2, -0.15) is 4.98 Å². The van der Waals surface area contributed by atoms with Crippen molar-refractivity contribution in [3.8, 4) is 22.8 Å². The highest BCUT2D eigenvalue weighted by Crippen LogP contribution is 2.22. The second-order valence-electron chi connectivity index (χ2n) is 4.23. The lowest BCUT2D eigenvalue weighted by molar-refractivity contribution is 0.432. The molecule has 0 spiro atoms. The molecule has 0 radical (unpaired) electrons. The molecule has 8 heteroatoms. The maximum absolute atomic E-state index is 11.2. The molecule has 2 heterocycles. The molecule has 1 aromatic carbocycles. The van der Waals surface area contributed by atoms with Gasteiger partial charge < -0.3 is 4.52 Å². The summed E-state index contributed by atoms with van der Waals surface area (Å²) >= 11 is 0. The highest BCUT2D eigenvalue weighted by molar-refractivity contribution is 7.89. The molecule has 0 saturated carbocycles. The number of hydrogen-bond donors (Lipinski definition) is 1. The molecule has 3 aromatic rings. The van der Waals surface area contributed by atoms with E-state index in [1.54, 1.807) is 30.6 Å². The lowest BCUT2D eigenvalue weighted by Gasteiger charge is -1.98. The average molecular weight is 302 g/mol. The van der Waals surface area contributed by atoms with Gasteiger partial charge in [0.15, 0.2) is 0 Å². The Morgan fingerprint density at radius 1 is 1.05 bits per heavy atom. The molecule has 0 saturated heterocycles. The summed E-state index contributed by atoms with van der Waals surface area (Å²) in [7, 11) is -3.71. The Labute approximate surface area is 120 Å². The molecular formula is C13H10N4O3S. The van der Waals surface area contributed by atoms with E-state index in [0.717, 1.165) is 5.56 Å². The molecule has 0 fully saturated rings. The fraction of sp³-hybridized carbons (Fsp3) is 0. The predicted molar refractivity (Wildman–Crippen MR) is 74.3 cm³/mol. The fourth-order valence-electron chi connectivity index (χ4n) is 1.74. The summed E-state index contributed by atoms with van der Waals surface area (Å²) in [5.41, 5.74) is 1.33. The van der Waals surface area contributed by atoms with E-state index >= 15 is 0 Å². The van der Waals surface area contributed by atoms with Crippen LogP contribution in [-0.2, 0) is 10.0 Å². The SMILES string of the molecule is NS(=O)(=O)c1ccc(-c2nc(-c3cccnc3)no2)cc1. The molecule has 106 valence electrons. The Bertz CT molecular complexity index is 858. The molecule has 0 atom stereocenters. The van der Waals surface area contributed by atoms with Gasteiger partial charge in [-0.05, 0) is 36.4 Å². The summed E-state index contributed by atoms with van der Waals surface area (Å²) in [6.07, 6.45) is 3.27. The van der Waals surface area contributed by atoms with E-state index in [1.807, 2.05) is 6.07 Å². The molecule has 0 unspecified atom stereocenters. The van der Waals surface area contributed by atoms with E-state index < -0.39 is 10.0 Å². The lowest BCUT2D eigenvalue weighted by atomic mass is 10.2. The van der Waals surface area contributed by atoms with E-state index in [1.165, 1.54) is 12.1 Å². The molecular weight excluding hydrogens is 292 g/mol. The number of nitrogens with zero attached hydrogens (tertiary/aromatic N) is 3. The van der Waals surface area contributed by atoms with Crippen LogP contribution in [0.3, 0.4) is 0 Å². The van der Waals surface area contributed by atoms with E-state index in [2.05, 4.69) is 15.1 Å². The van der Waals surface area contributed by atoms with E-state index in [4.69, 9.17) is 9.66 Å². The van der Waals surface area contributed by atoms with Crippen LogP contribution in [0.15, 0.2) is 58.2 Å². The molecule has 0 amide bonds. The molecule has 0 aliphatic rings. The first-order valence-corrected chi connectivity index (χ1v) is 7.46. The van der Waals surface area contributed by atoms with Crippen LogP contribution in [0.1, 0.15) is 0 Å². The molecule has 21 heavy (non-hydrogen) atoms. The topological polar surface area (TPSA) is 112 Å². The summed E-state index contributed by atoms with van der Waals surface area (Å²) in [6.45, 7) is 0. The monoisotopic (exact) mass is 302 g/mol. The van der Waals surface area contributed by atoms with Crippen molar-refractivity contribution in [2.75, 3.05) is 0 Å². The number of pyridine rings is 1. The maximum atomic E-state index is 11.2. The van der Waals surface area contributed by atoms with Gasteiger partial charge in [0, 0.05) is 23.5 Å². The van der Waals surface area contributed by atoms with Crippen molar-refractivity contribution in [3.05, 3.63) is 48.8 Å². The zero-order valence-corrected chi connectivity index (χ0v) is 11.5. The zero-order valence-electron chi connectivity index (χ0n) is 10.7. The third kappa shape index (κ3) is 2.81. The van der Waals surface area contributed by atoms with Gasteiger partial charge in [0.05, 0.1) is 4.90 Å². The van der Waals surface area contributed by atoms with Crippen LogP contribution in [0.2, 0.25) is 0 Å². The normalized spacial score (nSPS) is 11.5. The minimum Gasteiger partial charge on any atom is -0.334 e. The van der Waals surface area contributed by atoms with Crippen molar-refractivity contribution >= 4 is 10.0 Å². The highest BCUT2D eigenvalue weighted by atomic mass is 32.2. The number of primary sulfonamides is 1. The minimum atomic E-state index is -3.71. The quantitative estimate of drug-likeness (QED) is 0.783. The number of nitrogens with two attached hydrogens (primary N) is 1. The van der Waals surface area contributed by atoms with Crippen LogP contribution >= 0.6 is 0 Å². The van der Waals surface area contributed by atoms with Crippen LogP contribution < -0.4 is 5.14 Å². The second-order valence-corrected chi connectivity index (χ2v) is 5.80. The van der Waals surface area contributed by atoms with Gasteiger partial charge in [0.1, 0.15) is 0 Å². The minimum absolute atomic E-state index is 0.0262. The van der Waals surface area contributed by atoms with Gasteiger partial charge >= 0.3 is 0 Å². The highest BCUT2D eigenvalue weighted by Gasteiger charge is 2.12. The van der Waals surface area contributed by atoms with Crippen LogP contribution in [0.4, 0.5) is 0 Å². The zero-order chi connectivity index (χ0) is 14.9. The van der Waals surface area contributed by atoms with Gasteiger partial charge in [-0.25, -0.2) is 13.6 Å². The van der Waals surface area contributed by atoms with Crippen molar-refractivity contribution in [3.63, 3.8) is 0 Å². The Morgan fingerprint density at radius 3 is 2.43 bits per heavy atom. The molecule has 3 rings (SSSR count). The second kappa shape index (κ2) is 5.08. The Hall–Kier alpha value is -2.58. The summed E-state index contributed by atoms with van der Waals surface area (Å²) in [5.74, 6) is 0.698. The first kappa shape index (κ1) is 13.4. The number of sulfonamides is 1. The summed E-state index contributed by atoms with van der Waals surface area (Å²) in [6, 6.07) is 9.47. The number of aromatic nitrogens is 3. The van der Waals surface area contributed by atoms with Crippen molar-refractivity contribution in [2.24, 2.45) is 5.14 Å². The van der Waals surface area contributed by atoms with E-state index in [-0.39, 0.29) is 10.8 Å². The first-order chi connectivity index (χ1) is 10.0. The molecule has 7 nitrogen and oxygen atoms in total. The fourth-order valence-corrected chi connectivity index (χ4v) is 2.26. The predicted octanol–water partition coefficient (Wildman–Crippen LogP) is 1.45. The Morgan fingerprint density at radius 2 is 1.81 bits per heavy atom. The van der Waals surface area contributed by atoms with Crippen LogP contribution in [0, 0.1) is 0 Å². The molecule has 0 bridgehead atoms. The van der Waals surface area contributed by atoms with E-state index in [0.29, 0.717) is 11.4 Å². The Balaban J connectivity index is 1.94. The van der Waals surface area contributed by atoms with Crippen LogP contribution in [0.5, 0.6) is 0 Å². The summed E-state index contributed by atoms with van der Waals surface area (Å²) in [4.78, 5) is 8.25. The first-order valence-electron chi connectivity index (χ1n) is 5.91. The van der Waals surface area contributed by atoms with Gasteiger partial charge in [-0.15, -0.1) is 0 Å². The largest absolute Gasteiger partial charge is 0.334 e. The Kier molecular flexibility index (Phi) is 3.24. The third-order valence-corrected chi connectivity index (χ3v) is 3.70. The smallest absolute Gasteiger partial charge is 0.258 e. The average Bonchev–Trinajstić information content (AvgIpc) is 2.97. The van der Waals surface area contributed by atoms with E-state index in [9.17, 15) is 8.42 Å². The van der Waals surface area contributed by atoms with Gasteiger partial charge in [0.2, 0.25) is 15.8 Å². The number of hydrogen-bond acceptors (Lipinski definition) is 6. The number of rotatable bonds is 3. The van der Waals surface area contributed by atoms with Crippen LogP contribution in [-0.4, -0.2) is 23.5 Å². The van der Waals surface area contributed by atoms with Crippen LogP contribution in [0.25, 0.3) is 22.8 Å². The maximum Gasteiger partial charge on any atom is 0.258 e. The van der Waals surface area contributed by atoms with Gasteiger partial charge in [-0.1, -0.05) is 5.16 Å². The summed E-state index contributed by atoms with van der Waals surface area (Å²) < 4.78 is 27.5. The molecule has 0 aliphatic heterocycles. The van der Waals surface area contributed by atoms with Crippen molar-refractivity contribution in [1.82, 2.24) is 15.1 Å². The summed E-state index contributed by atoms with van der Waals surface area (Å²) in [5, 5.41) is 8.90. The van der Waals surface area contributed by atoms with Gasteiger partial charge in [-0.3, -0.25) is 4.98 Å². The standard InChI is InChI=1S/C13H10N4O3S/c14-21(18,19)11-5-3-9(4-6-11)13-16-12(17-20-13)10-2-1-7-15-8-10/h1-8H,(H2,14,18,19). The van der Waals surface area contributed by atoms with Crippen molar-refractivity contribution < 1.29 is 12.9 Å². The number of benzene rings is 1. The van der Waals surface area contributed by atoms with Crippen molar-refractivity contribution in [2.45, 2.75) is 4.90 Å². The third-order valence-electron chi connectivity index (χ3n) is 2.78. The van der Waals surface area contributed by atoms with Gasteiger partial charge in [0.25, 0.3) is 5.89 Å². The van der Waals surface area contributed by atoms with Crippen molar-refractivity contribution in [1.29, 1.82) is 0 Å². The molecule has 0 aliphatic carbocycles. The molecule has 2 aromatic heterocycles.